The van der Waals surface area contributed by atoms with Crippen molar-refractivity contribution in [3.63, 3.8) is 0 Å². The Morgan fingerprint density at radius 2 is 1.69 bits per heavy atom. The van der Waals surface area contributed by atoms with E-state index in [9.17, 15) is 0 Å². The van der Waals surface area contributed by atoms with Crippen molar-refractivity contribution in [3.05, 3.63) is 0 Å². The Morgan fingerprint density at radius 1 is 1.23 bits per heavy atom. The molecule has 13 heavy (non-hydrogen) atoms. The number of likely N-dealkylation sites (tertiary alicyclic amines) is 1. The van der Waals surface area contributed by atoms with Gasteiger partial charge in [0.05, 0.1) is 0 Å². The first-order valence-electron chi connectivity index (χ1n) is 4.66. The summed E-state index contributed by atoms with van der Waals surface area (Å²) >= 11 is 0. The van der Waals surface area contributed by atoms with Gasteiger partial charge in [-0.2, -0.15) is 0 Å². The summed E-state index contributed by atoms with van der Waals surface area (Å²) in [5.74, 6) is 0.796. The van der Waals surface area contributed by atoms with Crippen molar-refractivity contribution >= 4 is 24.8 Å². The molecule has 1 aliphatic heterocycles. The second kappa shape index (κ2) is 7.86. The molecular formula is C9H22Cl2N2. The molecule has 0 saturated carbocycles. The maximum absolute atomic E-state index is 5.80. The van der Waals surface area contributed by atoms with Crippen molar-refractivity contribution in [2.75, 3.05) is 19.6 Å². The molecule has 0 amide bonds. The third kappa shape index (κ3) is 6.55. The number of nitrogens with zero attached hydrogens (tertiary/aromatic N) is 1. The summed E-state index contributed by atoms with van der Waals surface area (Å²) in [5.41, 5.74) is 5.80. The van der Waals surface area contributed by atoms with Crippen molar-refractivity contribution < 1.29 is 0 Å². The molecule has 1 heterocycles. The van der Waals surface area contributed by atoms with E-state index < -0.39 is 0 Å². The molecule has 1 aliphatic rings. The molecule has 0 aliphatic carbocycles. The van der Waals surface area contributed by atoms with Gasteiger partial charge in [-0.25, -0.2) is 0 Å². The normalized spacial score (nSPS) is 19.4. The van der Waals surface area contributed by atoms with E-state index in [1.54, 1.807) is 0 Å². The Balaban J connectivity index is 0. The van der Waals surface area contributed by atoms with Crippen LogP contribution in [-0.2, 0) is 0 Å². The minimum atomic E-state index is 0. The standard InChI is InChI=1S/C9H20N2.2ClH/c1-8(2)7-11-5-3-9(10)4-6-11;;/h8-9H,3-7,10H2,1-2H3;2*1H. The number of rotatable bonds is 2. The Morgan fingerprint density at radius 3 is 2.08 bits per heavy atom. The Labute approximate surface area is 94.1 Å². The third-order valence-electron chi connectivity index (χ3n) is 2.26. The maximum atomic E-state index is 5.80. The van der Waals surface area contributed by atoms with Crippen molar-refractivity contribution in [2.45, 2.75) is 32.7 Å². The van der Waals surface area contributed by atoms with Crippen LogP contribution in [0.5, 0.6) is 0 Å². The second-order valence-corrected chi connectivity index (χ2v) is 4.03. The monoisotopic (exact) mass is 228 g/mol. The highest BCUT2D eigenvalue weighted by Crippen LogP contribution is 2.09. The molecule has 0 atom stereocenters. The quantitative estimate of drug-likeness (QED) is 0.783. The molecule has 0 radical (unpaired) electrons. The van der Waals surface area contributed by atoms with Crippen molar-refractivity contribution in [1.82, 2.24) is 4.90 Å². The molecule has 2 nitrogen and oxygen atoms in total. The average molecular weight is 229 g/mol. The van der Waals surface area contributed by atoms with Crippen LogP contribution in [0.1, 0.15) is 26.7 Å². The van der Waals surface area contributed by atoms with Gasteiger partial charge in [0.25, 0.3) is 0 Å². The van der Waals surface area contributed by atoms with Gasteiger partial charge in [0.15, 0.2) is 0 Å². The molecule has 82 valence electrons. The summed E-state index contributed by atoms with van der Waals surface area (Å²) in [6.45, 7) is 8.20. The molecule has 0 aromatic rings. The fourth-order valence-electron chi connectivity index (χ4n) is 1.65. The van der Waals surface area contributed by atoms with Crippen LogP contribution in [0.4, 0.5) is 0 Å². The van der Waals surface area contributed by atoms with E-state index >= 15 is 0 Å². The lowest BCUT2D eigenvalue weighted by Crippen LogP contribution is -2.41. The molecule has 0 unspecified atom stereocenters. The smallest absolute Gasteiger partial charge is 0.00631 e. The summed E-state index contributed by atoms with van der Waals surface area (Å²) in [4.78, 5) is 2.52. The van der Waals surface area contributed by atoms with Crippen molar-refractivity contribution in [3.8, 4) is 0 Å². The fourth-order valence-corrected chi connectivity index (χ4v) is 1.65. The van der Waals surface area contributed by atoms with Crippen LogP contribution < -0.4 is 5.73 Å². The molecule has 1 rings (SSSR count). The Kier molecular flexibility index (Phi) is 9.65. The largest absolute Gasteiger partial charge is 0.328 e. The van der Waals surface area contributed by atoms with Crippen molar-refractivity contribution in [2.24, 2.45) is 11.7 Å². The number of piperidine rings is 1. The first-order chi connectivity index (χ1) is 5.18. The van der Waals surface area contributed by atoms with Crippen LogP contribution in [0.25, 0.3) is 0 Å². The highest BCUT2D eigenvalue weighted by molar-refractivity contribution is 5.85. The van der Waals surface area contributed by atoms with E-state index in [0.29, 0.717) is 6.04 Å². The van der Waals surface area contributed by atoms with Crippen LogP contribution in [0.3, 0.4) is 0 Å². The molecule has 0 aromatic heterocycles. The first-order valence-corrected chi connectivity index (χ1v) is 4.66. The van der Waals surface area contributed by atoms with Gasteiger partial charge < -0.3 is 10.6 Å². The van der Waals surface area contributed by atoms with E-state index in [1.807, 2.05) is 0 Å². The maximum Gasteiger partial charge on any atom is 0.00631 e. The minimum absolute atomic E-state index is 0. The van der Waals surface area contributed by atoms with Crippen LogP contribution in [-0.4, -0.2) is 30.6 Å². The van der Waals surface area contributed by atoms with E-state index in [1.165, 1.54) is 32.5 Å². The predicted octanol–water partition coefficient (Wildman–Crippen LogP) is 1.91. The van der Waals surface area contributed by atoms with Gasteiger partial charge in [-0.1, -0.05) is 13.8 Å². The van der Waals surface area contributed by atoms with E-state index in [0.717, 1.165) is 5.92 Å². The van der Waals surface area contributed by atoms with Gasteiger partial charge in [-0.05, 0) is 31.8 Å². The highest BCUT2D eigenvalue weighted by atomic mass is 35.5. The van der Waals surface area contributed by atoms with E-state index in [4.69, 9.17) is 5.73 Å². The average Bonchev–Trinajstić information content (AvgIpc) is 1.93. The Bertz CT molecular complexity index is 112. The number of halogens is 2. The molecular weight excluding hydrogens is 207 g/mol. The van der Waals surface area contributed by atoms with Crippen molar-refractivity contribution in [1.29, 1.82) is 0 Å². The SMILES string of the molecule is CC(C)CN1CCC(N)CC1.Cl.Cl. The Hall–Kier alpha value is 0.500. The number of hydrogen-bond acceptors (Lipinski definition) is 2. The lowest BCUT2D eigenvalue weighted by molar-refractivity contribution is 0.193. The van der Waals surface area contributed by atoms with Crippen LogP contribution in [0.2, 0.25) is 0 Å². The first kappa shape index (κ1) is 15.9. The minimum Gasteiger partial charge on any atom is -0.328 e. The number of hydrogen-bond donors (Lipinski definition) is 1. The molecule has 1 fully saturated rings. The zero-order chi connectivity index (χ0) is 8.27. The number of nitrogens with two attached hydrogens (primary N) is 1. The van der Waals surface area contributed by atoms with Gasteiger partial charge in [0.2, 0.25) is 0 Å². The summed E-state index contributed by atoms with van der Waals surface area (Å²) in [7, 11) is 0. The second-order valence-electron chi connectivity index (χ2n) is 4.03. The summed E-state index contributed by atoms with van der Waals surface area (Å²) < 4.78 is 0. The van der Waals surface area contributed by atoms with Crippen LogP contribution in [0.15, 0.2) is 0 Å². The van der Waals surface area contributed by atoms with Gasteiger partial charge in [-0.3, -0.25) is 0 Å². The lowest BCUT2D eigenvalue weighted by Gasteiger charge is -2.31. The molecule has 0 aromatic carbocycles. The van der Waals surface area contributed by atoms with Gasteiger partial charge in [-0.15, -0.1) is 24.8 Å². The predicted molar refractivity (Wildman–Crippen MR) is 63.0 cm³/mol. The summed E-state index contributed by atoms with van der Waals surface area (Å²) in [6.07, 6.45) is 2.37. The van der Waals surface area contributed by atoms with E-state index in [-0.39, 0.29) is 24.8 Å². The summed E-state index contributed by atoms with van der Waals surface area (Å²) in [6, 6.07) is 0.471. The lowest BCUT2D eigenvalue weighted by atomic mass is 10.0. The van der Waals surface area contributed by atoms with Crippen LogP contribution in [0, 0.1) is 5.92 Å². The fraction of sp³-hybridized carbons (Fsp3) is 1.00. The van der Waals surface area contributed by atoms with Crippen LogP contribution >= 0.6 is 24.8 Å². The molecule has 1 saturated heterocycles. The molecule has 0 spiro atoms. The zero-order valence-electron chi connectivity index (χ0n) is 8.53. The van der Waals surface area contributed by atoms with E-state index in [2.05, 4.69) is 18.7 Å². The van der Waals surface area contributed by atoms with Gasteiger partial charge in [0.1, 0.15) is 0 Å². The molecule has 4 heteroatoms. The summed E-state index contributed by atoms with van der Waals surface area (Å²) in [5, 5.41) is 0. The zero-order valence-corrected chi connectivity index (χ0v) is 10.2. The third-order valence-corrected chi connectivity index (χ3v) is 2.26. The topological polar surface area (TPSA) is 29.3 Å². The highest BCUT2D eigenvalue weighted by Gasteiger charge is 2.15. The molecule has 0 bridgehead atoms. The molecule has 2 N–H and O–H groups in total. The van der Waals surface area contributed by atoms with Gasteiger partial charge in [0, 0.05) is 12.6 Å². The van der Waals surface area contributed by atoms with Gasteiger partial charge >= 0.3 is 0 Å².